The minimum absolute atomic E-state index is 0.0905. The molecule has 0 bridgehead atoms. The molecule has 57 heavy (non-hydrogen) atoms. The zero-order valence-corrected chi connectivity index (χ0v) is 32.2. The van der Waals surface area contributed by atoms with Crippen LogP contribution in [0.1, 0.15) is 57.5 Å². The number of hydrogen-bond acceptors (Lipinski definition) is 7. The second-order valence-corrected chi connectivity index (χ2v) is 15.1. The molecular formula is C41H38Cl2N6O8. The molecule has 14 nitrogen and oxygen atoms in total. The molecule has 4 aliphatic heterocycles. The van der Waals surface area contributed by atoms with E-state index in [1.54, 1.807) is 88.7 Å². The van der Waals surface area contributed by atoms with E-state index in [0.717, 1.165) is 5.56 Å². The Kier molecular flexibility index (Phi) is 10.8. The summed E-state index contributed by atoms with van der Waals surface area (Å²) >= 11 is 11.7. The van der Waals surface area contributed by atoms with Crippen molar-refractivity contribution in [1.82, 2.24) is 9.80 Å². The predicted molar refractivity (Wildman–Crippen MR) is 214 cm³/mol. The lowest BCUT2D eigenvalue weighted by Crippen LogP contribution is -2.49. The Labute approximate surface area is 337 Å². The third kappa shape index (κ3) is 7.70. The molecule has 8 rings (SSSR count). The Hall–Kier alpha value is -6.12. The Morgan fingerprint density at radius 2 is 1.02 bits per heavy atom. The van der Waals surface area contributed by atoms with Gasteiger partial charge in [0.05, 0.1) is 29.1 Å². The second-order valence-electron chi connectivity index (χ2n) is 14.2. The molecule has 0 aromatic heterocycles. The predicted octanol–water partition coefficient (Wildman–Crippen LogP) is 7.20. The van der Waals surface area contributed by atoms with Crippen molar-refractivity contribution < 1.29 is 38.6 Å². The summed E-state index contributed by atoms with van der Waals surface area (Å²) in [5.74, 6) is -1.70. The van der Waals surface area contributed by atoms with Crippen molar-refractivity contribution in [2.45, 2.75) is 36.5 Å². The number of benzene rings is 4. The fourth-order valence-electron chi connectivity index (χ4n) is 7.85. The Morgan fingerprint density at radius 3 is 1.40 bits per heavy atom. The molecule has 4 aromatic carbocycles. The number of rotatable bonds is 4. The fraction of sp³-hybridized carbons (Fsp3) is 0.268. The van der Waals surface area contributed by atoms with Crippen LogP contribution in [0.2, 0.25) is 10.0 Å². The largest absolute Gasteiger partial charge is 0.478 e. The number of likely N-dealkylation sites (tertiary alicyclic amines) is 2. The first kappa shape index (κ1) is 39.1. The number of esters is 1. The minimum Gasteiger partial charge on any atom is -0.478 e. The van der Waals surface area contributed by atoms with Crippen LogP contribution in [0, 0.1) is 0 Å². The highest BCUT2D eigenvalue weighted by Gasteiger charge is 2.50. The van der Waals surface area contributed by atoms with Crippen LogP contribution in [-0.2, 0) is 25.2 Å². The number of nitrogens with zero attached hydrogens (tertiary/aromatic N) is 2. The molecule has 4 heterocycles. The number of carbonyl (C=O) groups excluding carboxylic acids is 5. The SMILES string of the molecule is COC(=O)c1ccc2c(c1)C1(CCN(C(=O)Nc3ccc(Cl)cc3)CC1)C(=O)N2.O=C(O)c1ccc2c(c1)C1(CCN(C(=O)Nc3ccc(Cl)cc3)CC1)C(=O)N2. The lowest BCUT2D eigenvalue weighted by molar-refractivity contribution is -0.123. The third-order valence-electron chi connectivity index (χ3n) is 11.1. The monoisotopic (exact) mass is 812 g/mol. The number of carboxylic acids is 1. The average Bonchev–Trinajstić information content (AvgIpc) is 3.64. The van der Waals surface area contributed by atoms with Crippen molar-refractivity contribution in [3.63, 3.8) is 0 Å². The number of carbonyl (C=O) groups is 6. The van der Waals surface area contributed by atoms with Crippen LogP contribution in [0.4, 0.5) is 32.3 Å². The molecule has 4 aliphatic rings. The Bertz CT molecular complexity index is 2270. The van der Waals surface area contributed by atoms with Gasteiger partial charge in [0, 0.05) is 59.0 Å². The van der Waals surface area contributed by atoms with Gasteiger partial charge in [-0.1, -0.05) is 23.2 Å². The molecular weight excluding hydrogens is 775 g/mol. The molecule has 6 amide bonds. The van der Waals surface area contributed by atoms with Gasteiger partial charge in [0.2, 0.25) is 11.8 Å². The first-order valence-corrected chi connectivity index (χ1v) is 18.9. The van der Waals surface area contributed by atoms with Crippen molar-refractivity contribution in [3.8, 4) is 0 Å². The van der Waals surface area contributed by atoms with Crippen molar-refractivity contribution in [1.29, 1.82) is 0 Å². The summed E-state index contributed by atoms with van der Waals surface area (Å²) < 4.78 is 4.80. The summed E-state index contributed by atoms with van der Waals surface area (Å²) in [7, 11) is 1.33. The number of fused-ring (bicyclic) bond motifs is 4. The van der Waals surface area contributed by atoms with Crippen LogP contribution in [0.15, 0.2) is 84.9 Å². The van der Waals surface area contributed by atoms with Gasteiger partial charge in [0.1, 0.15) is 0 Å². The first-order chi connectivity index (χ1) is 27.3. The summed E-state index contributed by atoms with van der Waals surface area (Å²) in [6.07, 6.45) is 1.82. The van der Waals surface area contributed by atoms with Crippen molar-refractivity contribution in [3.05, 3.63) is 117 Å². The lowest BCUT2D eigenvalue weighted by atomic mass is 9.73. The molecule has 2 spiro atoms. The van der Waals surface area contributed by atoms with E-state index in [2.05, 4.69) is 21.3 Å². The van der Waals surface area contributed by atoms with Gasteiger partial charge >= 0.3 is 24.0 Å². The van der Waals surface area contributed by atoms with E-state index in [1.807, 2.05) is 0 Å². The molecule has 0 saturated carbocycles. The number of hydrogen-bond donors (Lipinski definition) is 5. The summed E-state index contributed by atoms with van der Waals surface area (Å²) in [6.45, 7) is 1.64. The number of piperidine rings is 2. The molecule has 0 unspecified atom stereocenters. The van der Waals surface area contributed by atoms with Gasteiger partial charge in [-0.2, -0.15) is 0 Å². The molecule has 0 aliphatic carbocycles. The molecule has 2 saturated heterocycles. The number of methoxy groups -OCH3 is 1. The maximum Gasteiger partial charge on any atom is 0.337 e. The van der Waals surface area contributed by atoms with Gasteiger partial charge in [0.25, 0.3) is 0 Å². The van der Waals surface area contributed by atoms with Crippen LogP contribution in [0.25, 0.3) is 0 Å². The number of nitrogens with one attached hydrogen (secondary N) is 4. The van der Waals surface area contributed by atoms with Crippen LogP contribution >= 0.6 is 23.2 Å². The van der Waals surface area contributed by atoms with Crippen LogP contribution in [0.5, 0.6) is 0 Å². The smallest absolute Gasteiger partial charge is 0.337 e. The summed E-state index contributed by atoms with van der Waals surface area (Å²) in [5, 5.41) is 21.9. The molecule has 16 heteroatoms. The molecule has 4 aromatic rings. The number of amides is 6. The molecule has 5 N–H and O–H groups in total. The fourth-order valence-corrected chi connectivity index (χ4v) is 8.10. The Balaban J connectivity index is 0.000000174. The van der Waals surface area contributed by atoms with E-state index in [-0.39, 0.29) is 29.4 Å². The van der Waals surface area contributed by atoms with Crippen LogP contribution in [-0.4, -0.2) is 84.0 Å². The van der Waals surface area contributed by atoms with Gasteiger partial charge in [0.15, 0.2) is 0 Å². The van der Waals surface area contributed by atoms with E-state index in [0.29, 0.717) is 95.8 Å². The molecule has 294 valence electrons. The lowest BCUT2D eigenvalue weighted by Gasteiger charge is -2.38. The summed E-state index contributed by atoms with van der Waals surface area (Å²) in [6, 6.07) is 23.0. The third-order valence-corrected chi connectivity index (χ3v) is 11.6. The number of aromatic carboxylic acids is 1. The van der Waals surface area contributed by atoms with Crippen molar-refractivity contribution >= 4 is 81.8 Å². The van der Waals surface area contributed by atoms with E-state index < -0.39 is 22.8 Å². The van der Waals surface area contributed by atoms with Crippen LogP contribution in [0.3, 0.4) is 0 Å². The number of anilines is 4. The van der Waals surface area contributed by atoms with Crippen LogP contribution < -0.4 is 21.3 Å². The number of ether oxygens (including phenoxy) is 1. The number of halogens is 2. The van der Waals surface area contributed by atoms with E-state index in [9.17, 15) is 33.9 Å². The average molecular weight is 814 g/mol. The van der Waals surface area contributed by atoms with Crippen molar-refractivity contribution in [2.24, 2.45) is 0 Å². The number of urea groups is 2. The van der Waals surface area contributed by atoms with Gasteiger partial charge in [-0.05, 0) is 122 Å². The first-order valence-electron chi connectivity index (χ1n) is 18.2. The highest BCUT2D eigenvalue weighted by atomic mass is 35.5. The van der Waals surface area contributed by atoms with E-state index in [4.69, 9.17) is 27.9 Å². The topological polar surface area (TPSA) is 186 Å². The van der Waals surface area contributed by atoms with E-state index >= 15 is 0 Å². The summed E-state index contributed by atoms with van der Waals surface area (Å²) in [5.41, 5.74) is 3.18. The second kappa shape index (κ2) is 15.8. The standard InChI is InChI=1S/C21H20ClN3O4.C20H18ClN3O4/c1-29-18(26)13-2-7-17-16(12-13)21(19(27)24-17)8-10-25(11-9-21)20(28)23-15-5-3-14(22)4-6-15;21-13-2-4-14(5-3-13)22-19(28)24-9-7-20(8-10-24)15-11-12(17(25)26)1-6-16(15)23-18(20)27/h2-7,12H,8-11H2,1H3,(H,23,28)(H,24,27);1-6,11H,7-10H2,(H,22,28)(H,23,27)(H,25,26). The zero-order valence-electron chi connectivity index (χ0n) is 30.7. The highest BCUT2D eigenvalue weighted by molar-refractivity contribution is 6.31. The number of carboxylic acid groups (broad SMARTS) is 1. The normalized spacial score (nSPS) is 17.0. The molecule has 2 fully saturated rings. The van der Waals surface area contributed by atoms with Gasteiger partial charge in [-0.15, -0.1) is 0 Å². The molecule has 0 radical (unpaired) electrons. The summed E-state index contributed by atoms with van der Waals surface area (Å²) in [4.78, 5) is 77.2. The molecule has 0 atom stereocenters. The minimum atomic E-state index is -1.03. The quantitative estimate of drug-likeness (QED) is 0.134. The van der Waals surface area contributed by atoms with E-state index in [1.165, 1.54) is 13.2 Å². The van der Waals surface area contributed by atoms with Gasteiger partial charge < -0.3 is 40.9 Å². The Morgan fingerprint density at radius 1 is 0.632 bits per heavy atom. The van der Waals surface area contributed by atoms with Gasteiger partial charge in [-0.3, -0.25) is 9.59 Å². The maximum atomic E-state index is 12.8. The van der Waals surface area contributed by atoms with Gasteiger partial charge in [-0.25, -0.2) is 19.2 Å². The zero-order chi connectivity index (χ0) is 40.5. The van der Waals surface area contributed by atoms with Crippen molar-refractivity contribution in [2.75, 3.05) is 54.6 Å². The highest BCUT2D eigenvalue weighted by Crippen LogP contribution is 2.47. The maximum absolute atomic E-state index is 12.8.